The van der Waals surface area contributed by atoms with Crippen LogP contribution >= 0.6 is 31.9 Å². The van der Waals surface area contributed by atoms with E-state index in [0.717, 1.165) is 26.0 Å². The molecule has 0 saturated carbocycles. The van der Waals surface area contributed by atoms with Gasteiger partial charge in [0.15, 0.2) is 0 Å². The van der Waals surface area contributed by atoms with Gasteiger partial charge >= 0.3 is 0 Å². The Balaban J connectivity index is 2.26. The van der Waals surface area contributed by atoms with E-state index in [1.54, 1.807) is 7.11 Å². The average molecular weight is 401 g/mol. The lowest BCUT2D eigenvalue weighted by atomic mass is 10.1. The zero-order valence-corrected chi connectivity index (χ0v) is 14.1. The molecule has 0 bridgehead atoms. The van der Waals surface area contributed by atoms with Crippen molar-refractivity contribution >= 4 is 31.9 Å². The molecule has 3 nitrogen and oxygen atoms in total. The summed E-state index contributed by atoms with van der Waals surface area (Å²) in [7, 11) is 1.62. The molecule has 0 fully saturated rings. The third-order valence-corrected chi connectivity index (χ3v) is 4.10. The molecule has 0 heterocycles. The Kier molecular flexibility index (Phi) is 5.46. The minimum Gasteiger partial charge on any atom is -0.496 e. The van der Waals surface area contributed by atoms with E-state index in [-0.39, 0.29) is 6.10 Å². The Morgan fingerprint density at radius 1 is 1.05 bits per heavy atom. The zero-order valence-electron chi connectivity index (χ0n) is 11.0. The second kappa shape index (κ2) is 7.11. The Morgan fingerprint density at radius 3 is 2.25 bits per heavy atom. The first kappa shape index (κ1) is 15.4. The van der Waals surface area contributed by atoms with E-state index < -0.39 is 0 Å². The molecule has 0 radical (unpaired) electrons. The van der Waals surface area contributed by atoms with Crippen LogP contribution in [0.15, 0.2) is 51.4 Å². The molecule has 2 aromatic carbocycles. The summed E-state index contributed by atoms with van der Waals surface area (Å²) in [6.07, 6.45) is -0.187. The second-order valence-electron chi connectivity index (χ2n) is 4.17. The molecule has 20 heavy (non-hydrogen) atoms. The SMILES string of the molecule is COc1cc(Br)c(OC(CN)c2ccccc2)cc1Br. The largest absolute Gasteiger partial charge is 0.496 e. The van der Waals surface area contributed by atoms with Gasteiger partial charge in [-0.1, -0.05) is 30.3 Å². The van der Waals surface area contributed by atoms with Crippen LogP contribution in [0.3, 0.4) is 0 Å². The van der Waals surface area contributed by atoms with Gasteiger partial charge in [-0.3, -0.25) is 0 Å². The number of benzene rings is 2. The summed E-state index contributed by atoms with van der Waals surface area (Å²) < 4.78 is 12.9. The molecule has 5 heteroatoms. The summed E-state index contributed by atoms with van der Waals surface area (Å²) in [6.45, 7) is 0.403. The van der Waals surface area contributed by atoms with E-state index in [4.69, 9.17) is 15.2 Å². The minimum absolute atomic E-state index is 0.187. The number of ether oxygens (including phenoxy) is 2. The molecule has 106 valence electrons. The first-order chi connectivity index (χ1) is 9.65. The zero-order chi connectivity index (χ0) is 14.5. The molecule has 2 rings (SSSR count). The topological polar surface area (TPSA) is 44.5 Å². The number of halogens is 2. The molecule has 0 spiro atoms. The quantitative estimate of drug-likeness (QED) is 0.813. The molecule has 2 N–H and O–H groups in total. The molecule has 0 amide bonds. The van der Waals surface area contributed by atoms with Crippen molar-refractivity contribution < 1.29 is 9.47 Å². The number of rotatable bonds is 5. The number of hydrogen-bond donors (Lipinski definition) is 1. The van der Waals surface area contributed by atoms with Gasteiger partial charge in [0.25, 0.3) is 0 Å². The fourth-order valence-electron chi connectivity index (χ4n) is 1.83. The van der Waals surface area contributed by atoms with Crippen molar-refractivity contribution in [1.29, 1.82) is 0 Å². The van der Waals surface area contributed by atoms with Crippen LogP contribution in [0.1, 0.15) is 11.7 Å². The first-order valence-corrected chi connectivity index (χ1v) is 7.69. The van der Waals surface area contributed by atoms with Crippen molar-refractivity contribution in [1.82, 2.24) is 0 Å². The molecular weight excluding hydrogens is 386 g/mol. The molecular formula is C15H15Br2NO2. The molecule has 0 aliphatic heterocycles. The highest BCUT2D eigenvalue weighted by Crippen LogP contribution is 2.37. The summed E-state index contributed by atoms with van der Waals surface area (Å²) in [5.41, 5.74) is 6.87. The standard InChI is InChI=1S/C15H15Br2NO2/c1-19-13-7-12(17)14(8-11(13)16)20-15(9-18)10-5-3-2-4-6-10/h2-8,15H,9,18H2,1H3. The first-order valence-electron chi connectivity index (χ1n) is 6.10. The smallest absolute Gasteiger partial charge is 0.136 e. The second-order valence-corrected chi connectivity index (χ2v) is 5.88. The van der Waals surface area contributed by atoms with Gasteiger partial charge in [0, 0.05) is 6.54 Å². The lowest BCUT2D eigenvalue weighted by molar-refractivity contribution is 0.212. The molecule has 0 saturated heterocycles. The third-order valence-electron chi connectivity index (χ3n) is 2.86. The van der Waals surface area contributed by atoms with Crippen molar-refractivity contribution in [3.63, 3.8) is 0 Å². The summed E-state index contributed by atoms with van der Waals surface area (Å²) in [6, 6.07) is 13.7. The van der Waals surface area contributed by atoms with Gasteiger partial charge in [-0.25, -0.2) is 0 Å². The summed E-state index contributed by atoms with van der Waals surface area (Å²) >= 11 is 6.94. The normalized spacial score (nSPS) is 12.0. The van der Waals surface area contributed by atoms with E-state index in [1.807, 2.05) is 42.5 Å². The van der Waals surface area contributed by atoms with Gasteiger partial charge in [0.1, 0.15) is 17.6 Å². The predicted molar refractivity (Wildman–Crippen MR) is 87.3 cm³/mol. The molecule has 2 aromatic rings. The van der Waals surface area contributed by atoms with Crippen LogP contribution in [0.4, 0.5) is 0 Å². The van der Waals surface area contributed by atoms with Crippen LogP contribution in [0.25, 0.3) is 0 Å². The Morgan fingerprint density at radius 2 is 1.65 bits per heavy atom. The monoisotopic (exact) mass is 399 g/mol. The number of methoxy groups -OCH3 is 1. The van der Waals surface area contributed by atoms with E-state index in [2.05, 4.69) is 31.9 Å². The van der Waals surface area contributed by atoms with Gasteiger partial charge in [-0.05, 0) is 49.6 Å². The summed E-state index contributed by atoms with van der Waals surface area (Å²) in [5, 5.41) is 0. The molecule has 0 aliphatic carbocycles. The van der Waals surface area contributed by atoms with Crippen molar-refractivity contribution in [2.24, 2.45) is 5.73 Å². The van der Waals surface area contributed by atoms with Crippen LogP contribution in [0.2, 0.25) is 0 Å². The maximum absolute atomic E-state index is 6.00. The van der Waals surface area contributed by atoms with Crippen LogP contribution in [-0.2, 0) is 0 Å². The maximum Gasteiger partial charge on any atom is 0.136 e. The summed E-state index contributed by atoms with van der Waals surface area (Å²) in [5.74, 6) is 1.46. The fourth-order valence-corrected chi connectivity index (χ4v) is 2.73. The molecule has 1 atom stereocenters. The van der Waals surface area contributed by atoms with E-state index in [9.17, 15) is 0 Å². The van der Waals surface area contributed by atoms with Crippen molar-refractivity contribution in [3.05, 3.63) is 57.0 Å². The molecule has 0 aromatic heterocycles. The Hall–Kier alpha value is -1.04. The van der Waals surface area contributed by atoms with Gasteiger partial charge in [0.05, 0.1) is 16.1 Å². The lowest BCUT2D eigenvalue weighted by Gasteiger charge is -2.19. The van der Waals surface area contributed by atoms with Crippen LogP contribution in [0, 0.1) is 0 Å². The third kappa shape index (κ3) is 3.53. The molecule has 0 aliphatic rings. The highest BCUT2D eigenvalue weighted by molar-refractivity contribution is 9.11. The lowest BCUT2D eigenvalue weighted by Crippen LogP contribution is -2.18. The van der Waals surface area contributed by atoms with Gasteiger partial charge in [0.2, 0.25) is 0 Å². The van der Waals surface area contributed by atoms with E-state index in [0.29, 0.717) is 6.54 Å². The highest BCUT2D eigenvalue weighted by atomic mass is 79.9. The van der Waals surface area contributed by atoms with Crippen molar-refractivity contribution in [2.75, 3.05) is 13.7 Å². The van der Waals surface area contributed by atoms with Crippen LogP contribution in [-0.4, -0.2) is 13.7 Å². The van der Waals surface area contributed by atoms with Crippen LogP contribution < -0.4 is 15.2 Å². The highest BCUT2D eigenvalue weighted by Gasteiger charge is 2.15. The molecule has 1 unspecified atom stereocenters. The van der Waals surface area contributed by atoms with E-state index >= 15 is 0 Å². The van der Waals surface area contributed by atoms with Gasteiger partial charge in [-0.2, -0.15) is 0 Å². The van der Waals surface area contributed by atoms with Crippen molar-refractivity contribution in [3.8, 4) is 11.5 Å². The fraction of sp³-hybridized carbons (Fsp3) is 0.200. The number of hydrogen-bond acceptors (Lipinski definition) is 3. The maximum atomic E-state index is 6.00. The Bertz CT molecular complexity index is 576. The minimum atomic E-state index is -0.187. The average Bonchev–Trinajstić information content (AvgIpc) is 2.48. The predicted octanol–water partition coefficient (Wildman–Crippen LogP) is 4.30. The Labute approximate surface area is 135 Å². The number of nitrogens with two attached hydrogens (primary N) is 1. The van der Waals surface area contributed by atoms with Crippen molar-refractivity contribution in [2.45, 2.75) is 6.10 Å². The summed E-state index contributed by atoms with van der Waals surface area (Å²) in [4.78, 5) is 0. The van der Waals surface area contributed by atoms with Crippen LogP contribution in [0.5, 0.6) is 11.5 Å². The van der Waals surface area contributed by atoms with Gasteiger partial charge in [-0.15, -0.1) is 0 Å². The van der Waals surface area contributed by atoms with Gasteiger partial charge < -0.3 is 15.2 Å². The van der Waals surface area contributed by atoms with E-state index in [1.165, 1.54) is 0 Å².